The monoisotopic (exact) mass is 246 g/mol. The zero-order valence-electron chi connectivity index (χ0n) is 10.7. The van der Waals surface area contributed by atoms with Gasteiger partial charge in [-0.15, -0.1) is 0 Å². The van der Waals surface area contributed by atoms with Crippen molar-refractivity contribution in [1.82, 2.24) is 5.32 Å². The third kappa shape index (κ3) is 4.56. The number of ether oxygens (including phenoxy) is 1. The van der Waals surface area contributed by atoms with Crippen LogP contribution in [0, 0.1) is 17.2 Å². The summed E-state index contributed by atoms with van der Waals surface area (Å²) in [7, 11) is 1.59. The zero-order chi connectivity index (χ0) is 13.4. The SMILES string of the molecule is COC(C)CNC(=O)C(C#N)Cc1ccccc1. The normalized spacial score (nSPS) is 13.4. The summed E-state index contributed by atoms with van der Waals surface area (Å²) >= 11 is 0. The van der Waals surface area contributed by atoms with Crippen LogP contribution in [0.15, 0.2) is 30.3 Å². The van der Waals surface area contributed by atoms with Gasteiger partial charge in [0.25, 0.3) is 0 Å². The van der Waals surface area contributed by atoms with E-state index in [1.807, 2.05) is 43.3 Å². The fourth-order valence-corrected chi connectivity index (χ4v) is 1.50. The van der Waals surface area contributed by atoms with E-state index >= 15 is 0 Å². The third-order valence-electron chi connectivity index (χ3n) is 2.72. The molecule has 1 amide bonds. The first-order valence-corrected chi connectivity index (χ1v) is 5.91. The second-order valence-corrected chi connectivity index (χ2v) is 4.16. The van der Waals surface area contributed by atoms with E-state index in [-0.39, 0.29) is 12.0 Å². The van der Waals surface area contributed by atoms with Crippen LogP contribution in [0.2, 0.25) is 0 Å². The van der Waals surface area contributed by atoms with Gasteiger partial charge in [0.1, 0.15) is 5.92 Å². The number of methoxy groups -OCH3 is 1. The van der Waals surface area contributed by atoms with Crippen molar-refractivity contribution in [2.75, 3.05) is 13.7 Å². The standard InChI is InChI=1S/C14H18N2O2/c1-11(18-2)10-16-14(17)13(9-15)8-12-6-4-3-5-7-12/h3-7,11,13H,8,10H2,1-2H3,(H,16,17). The van der Waals surface area contributed by atoms with E-state index in [0.29, 0.717) is 13.0 Å². The van der Waals surface area contributed by atoms with Gasteiger partial charge in [0.15, 0.2) is 0 Å². The summed E-state index contributed by atoms with van der Waals surface area (Å²) in [6.45, 7) is 2.28. The van der Waals surface area contributed by atoms with E-state index in [4.69, 9.17) is 10.00 Å². The fourth-order valence-electron chi connectivity index (χ4n) is 1.50. The number of amides is 1. The molecule has 18 heavy (non-hydrogen) atoms. The third-order valence-corrected chi connectivity index (χ3v) is 2.72. The summed E-state index contributed by atoms with van der Waals surface area (Å²) in [5.74, 6) is -0.901. The molecule has 0 bridgehead atoms. The van der Waals surface area contributed by atoms with E-state index in [9.17, 15) is 4.79 Å². The molecule has 1 rings (SSSR count). The summed E-state index contributed by atoms with van der Waals surface area (Å²) < 4.78 is 5.03. The number of carbonyl (C=O) groups excluding carboxylic acids is 1. The van der Waals surface area contributed by atoms with Crippen molar-refractivity contribution in [3.63, 3.8) is 0 Å². The smallest absolute Gasteiger partial charge is 0.237 e. The lowest BCUT2D eigenvalue weighted by molar-refractivity contribution is -0.123. The van der Waals surface area contributed by atoms with E-state index in [2.05, 4.69) is 5.32 Å². The maximum atomic E-state index is 11.8. The summed E-state index contributed by atoms with van der Waals surface area (Å²) in [6.07, 6.45) is 0.384. The highest BCUT2D eigenvalue weighted by Crippen LogP contribution is 2.08. The molecule has 0 radical (unpaired) electrons. The second kappa shape index (κ2) is 7.46. The van der Waals surface area contributed by atoms with Gasteiger partial charge in [0.2, 0.25) is 5.91 Å². The first-order valence-electron chi connectivity index (χ1n) is 5.91. The predicted molar refractivity (Wildman–Crippen MR) is 68.7 cm³/mol. The van der Waals surface area contributed by atoms with Gasteiger partial charge in [0.05, 0.1) is 12.2 Å². The molecule has 1 N–H and O–H groups in total. The number of hydrogen-bond acceptors (Lipinski definition) is 3. The number of rotatable bonds is 6. The molecule has 0 saturated heterocycles. The van der Waals surface area contributed by atoms with E-state index < -0.39 is 5.92 Å². The minimum Gasteiger partial charge on any atom is -0.380 e. The lowest BCUT2D eigenvalue weighted by Crippen LogP contribution is -2.36. The summed E-state index contributed by atoms with van der Waals surface area (Å²) in [4.78, 5) is 11.8. The van der Waals surface area contributed by atoms with Gasteiger partial charge >= 0.3 is 0 Å². The molecule has 2 unspecified atom stereocenters. The van der Waals surface area contributed by atoms with Gasteiger partial charge < -0.3 is 10.1 Å². The minimum atomic E-state index is -0.656. The number of nitriles is 1. The quantitative estimate of drug-likeness (QED) is 0.827. The first-order chi connectivity index (χ1) is 8.67. The second-order valence-electron chi connectivity index (χ2n) is 4.16. The fraction of sp³-hybridized carbons (Fsp3) is 0.429. The Kier molecular flexibility index (Phi) is 5.89. The van der Waals surface area contributed by atoms with Crippen LogP contribution < -0.4 is 5.32 Å². The van der Waals surface area contributed by atoms with Gasteiger partial charge in [0, 0.05) is 13.7 Å². The highest BCUT2D eigenvalue weighted by molar-refractivity contribution is 5.81. The predicted octanol–water partition coefficient (Wildman–Crippen LogP) is 1.52. The minimum absolute atomic E-state index is 0.0509. The van der Waals surface area contributed by atoms with Gasteiger partial charge in [-0.25, -0.2) is 0 Å². The summed E-state index contributed by atoms with van der Waals surface area (Å²) in [6, 6.07) is 11.6. The highest BCUT2D eigenvalue weighted by Gasteiger charge is 2.18. The Morgan fingerprint density at radius 3 is 2.67 bits per heavy atom. The van der Waals surface area contributed by atoms with Crippen molar-refractivity contribution in [2.24, 2.45) is 5.92 Å². The lowest BCUT2D eigenvalue weighted by atomic mass is 10.00. The van der Waals surface area contributed by atoms with E-state index in [0.717, 1.165) is 5.56 Å². The molecule has 96 valence electrons. The van der Waals surface area contributed by atoms with E-state index in [1.54, 1.807) is 7.11 Å². The molecule has 0 spiro atoms. The van der Waals surface area contributed by atoms with Crippen LogP contribution in [0.25, 0.3) is 0 Å². The Morgan fingerprint density at radius 1 is 1.44 bits per heavy atom. The first kappa shape index (κ1) is 14.2. The van der Waals surface area contributed by atoms with Gasteiger partial charge in [-0.05, 0) is 18.9 Å². The van der Waals surface area contributed by atoms with Crippen molar-refractivity contribution in [3.8, 4) is 6.07 Å². The molecule has 0 saturated carbocycles. The summed E-state index contributed by atoms with van der Waals surface area (Å²) in [5, 5.41) is 11.8. The van der Waals surface area contributed by atoms with Crippen LogP contribution in [0.4, 0.5) is 0 Å². The summed E-state index contributed by atoms with van der Waals surface area (Å²) in [5.41, 5.74) is 0.985. The van der Waals surface area contributed by atoms with E-state index in [1.165, 1.54) is 0 Å². The molecule has 0 heterocycles. The largest absolute Gasteiger partial charge is 0.380 e. The Hall–Kier alpha value is -1.86. The van der Waals surface area contributed by atoms with Crippen LogP contribution >= 0.6 is 0 Å². The maximum Gasteiger partial charge on any atom is 0.237 e. The average molecular weight is 246 g/mol. The van der Waals surface area contributed by atoms with Crippen molar-refractivity contribution in [3.05, 3.63) is 35.9 Å². The van der Waals surface area contributed by atoms with Crippen LogP contribution in [-0.4, -0.2) is 25.7 Å². The van der Waals surface area contributed by atoms with Crippen LogP contribution in [0.5, 0.6) is 0 Å². The average Bonchev–Trinajstić information content (AvgIpc) is 2.42. The molecule has 0 fully saturated rings. The van der Waals surface area contributed by atoms with Crippen molar-refractivity contribution >= 4 is 5.91 Å². The van der Waals surface area contributed by atoms with Crippen LogP contribution in [0.3, 0.4) is 0 Å². The van der Waals surface area contributed by atoms with Crippen molar-refractivity contribution in [2.45, 2.75) is 19.4 Å². The molecule has 2 atom stereocenters. The molecule has 0 aliphatic carbocycles. The molecule has 0 aliphatic heterocycles. The topological polar surface area (TPSA) is 62.1 Å². The Morgan fingerprint density at radius 2 is 2.11 bits per heavy atom. The molecular weight excluding hydrogens is 228 g/mol. The number of nitrogens with one attached hydrogen (secondary N) is 1. The number of benzene rings is 1. The van der Waals surface area contributed by atoms with Crippen LogP contribution in [0.1, 0.15) is 12.5 Å². The van der Waals surface area contributed by atoms with Gasteiger partial charge in [-0.3, -0.25) is 4.79 Å². The maximum absolute atomic E-state index is 11.8. The number of hydrogen-bond donors (Lipinski definition) is 1. The lowest BCUT2D eigenvalue weighted by Gasteiger charge is -2.13. The highest BCUT2D eigenvalue weighted by atomic mass is 16.5. The molecule has 4 heteroatoms. The Labute approximate surface area is 108 Å². The molecule has 1 aromatic carbocycles. The number of nitrogens with zero attached hydrogens (tertiary/aromatic N) is 1. The van der Waals surface area contributed by atoms with Crippen LogP contribution in [-0.2, 0) is 16.0 Å². The zero-order valence-corrected chi connectivity index (χ0v) is 10.7. The Balaban J connectivity index is 2.51. The Bertz CT molecular complexity index is 412. The number of carbonyl (C=O) groups is 1. The van der Waals surface area contributed by atoms with Gasteiger partial charge in [-0.1, -0.05) is 30.3 Å². The molecule has 0 aromatic heterocycles. The van der Waals surface area contributed by atoms with Gasteiger partial charge in [-0.2, -0.15) is 5.26 Å². The molecule has 4 nitrogen and oxygen atoms in total. The molecule has 0 aliphatic rings. The molecule has 1 aromatic rings. The molecular formula is C14H18N2O2. The van der Waals surface area contributed by atoms with Crippen molar-refractivity contribution < 1.29 is 9.53 Å². The van der Waals surface area contributed by atoms with Crippen molar-refractivity contribution in [1.29, 1.82) is 5.26 Å².